The minimum absolute atomic E-state index is 1.08. The number of hydrogen-bond donors (Lipinski definition) is 0. The maximum atomic E-state index is 3.78. The normalized spacial score (nSPS) is 7.30. The van der Waals surface area contributed by atoms with Crippen molar-refractivity contribution in [1.29, 1.82) is 0 Å². The molecule has 1 aromatic rings. The predicted octanol–water partition coefficient (Wildman–Crippen LogP) is 2.66. The number of pyridine rings is 1. The van der Waals surface area contributed by atoms with E-state index in [1.807, 2.05) is 24.3 Å². The number of allylic oxidation sites excluding steroid dienone is 1. The largest absolute Gasteiger partial charge is 0.265 e. The summed E-state index contributed by atoms with van der Waals surface area (Å²) in [6.45, 7) is 5.54. The molecule has 0 aromatic carbocycles. The lowest BCUT2D eigenvalue weighted by atomic mass is 10.5. The number of nitrogens with zero attached hydrogens (tertiary/aromatic N) is 1. The summed E-state index contributed by atoms with van der Waals surface area (Å²) < 4.78 is 0. The molecule has 1 rings (SSSR count). The third-order valence-electron chi connectivity index (χ3n) is 0.855. The smallest absolute Gasteiger partial charge is 0.0267 e. The van der Waals surface area contributed by atoms with Crippen molar-refractivity contribution in [3.05, 3.63) is 43.2 Å². The molecule has 1 heterocycles. The van der Waals surface area contributed by atoms with E-state index >= 15 is 0 Å². The summed E-state index contributed by atoms with van der Waals surface area (Å²) in [5.41, 5.74) is 0. The van der Waals surface area contributed by atoms with E-state index in [0.717, 1.165) is 6.42 Å². The second kappa shape index (κ2) is 7.89. The van der Waals surface area contributed by atoms with E-state index in [1.165, 1.54) is 0 Å². The lowest BCUT2D eigenvalue weighted by Crippen LogP contribution is -1.58. The van der Waals surface area contributed by atoms with Crippen molar-refractivity contribution in [2.45, 2.75) is 13.3 Å². The Hall–Kier alpha value is -1.11. The lowest BCUT2D eigenvalue weighted by Gasteiger charge is -1.70. The van der Waals surface area contributed by atoms with Gasteiger partial charge in [0, 0.05) is 12.4 Å². The Bertz CT molecular complexity index is 119. The van der Waals surface area contributed by atoms with Crippen LogP contribution in [-0.2, 0) is 0 Å². The standard InChI is InChI=1S/C5H5N.C4H8/c1-2-4-6-5-3-1;1-3-4-2/h1-5H;3H,1,4H2,2H3. The van der Waals surface area contributed by atoms with Gasteiger partial charge in [-0.25, -0.2) is 0 Å². The maximum Gasteiger partial charge on any atom is 0.0267 e. The van der Waals surface area contributed by atoms with Gasteiger partial charge in [0.15, 0.2) is 0 Å². The van der Waals surface area contributed by atoms with Crippen LogP contribution in [0.2, 0.25) is 0 Å². The molecular formula is C9H13N. The van der Waals surface area contributed by atoms with Gasteiger partial charge in [0.1, 0.15) is 0 Å². The van der Waals surface area contributed by atoms with Gasteiger partial charge >= 0.3 is 0 Å². The molecule has 0 aliphatic carbocycles. The zero-order chi connectivity index (χ0) is 7.66. The average Bonchev–Trinajstić information content (AvgIpc) is 2.08. The molecule has 0 aliphatic rings. The van der Waals surface area contributed by atoms with Crippen molar-refractivity contribution in [2.24, 2.45) is 0 Å². The summed E-state index contributed by atoms with van der Waals surface area (Å²) in [6, 6.07) is 5.72. The van der Waals surface area contributed by atoms with E-state index in [9.17, 15) is 0 Å². The number of rotatable bonds is 1. The van der Waals surface area contributed by atoms with Crippen LogP contribution in [0, 0.1) is 0 Å². The highest BCUT2D eigenvalue weighted by molar-refractivity contribution is 4.88. The highest BCUT2D eigenvalue weighted by Crippen LogP contribution is 1.73. The van der Waals surface area contributed by atoms with E-state index < -0.39 is 0 Å². The van der Waals surface area contributed by atoms with Gasteiger partial charge in [-0.3, -0.25) is 4.98 Å². The number of aromatic nitrogens is 1. The summed E-state index contributed by atoms with van der Waals surface area (Å²) in [4.78, 5) is 3.78. The molecule has 0 saturated carbocycles. The molecule has 1 aromatic heterocycles. The molecule has 0 radical (unpaired) electrons. The summed E-state index contributed by atoms with van der Waals surface area (Å²) in [5.74, 6) is 0. The highest BCUT2D eigenvalue weighted by atomic mass is 14.6. The van der Waals surface area contributed by atoms with Crippen molar-refractivity contribution in [2.75, 3.05) is 0 Å². The van der Waals surface area contributed by atoms with Gasteiger partial charge in [-0.05, 0) is 18.6 Å². The molecule has 0 atom stereocenters. The van der Waals surface area contributed by atoms with Crippen molar-refractivity contribution in [1.82, 2.24) is 4.98 Å². The zero-order valence-electron chi connectivity index (χ0n) is 6.33. The summed E-state index contributed by atoms with van der Waals surface area (Å²) >= 11 is 0. The van der Waals surface area contributed by atoms with Crippen molar-refractivity contribution in [3.8, 4) is 0 Å². The van der Waals surface area contributed by atoms with Gasteiger partial charge in [-0.2, -0.15) is 0 Å². The Morgan fingerprint density at radius 2 is 1.80 bits per heavy atom. The fourth-order valence-electron chi connectivity index (χ4n) is 0.313. The first-order chi connectivity index (χ1) is 4.91. The molecule has 0 N–H and O–H groups in total. The molecule has 0 bridgehead atoms. The van der Waals surface area contributed by atoms with Gasteiger partial charge in [0.05, 0.1) is 0 Å². The quantitative estimate of drug-likeness (QED) is 0.539. The Morgan fingerprint density at radius 3 is 1.90 bits per heavy atom. The zero-order valence-corrected chi connectivity index (χ0v) is 6.33. The molecule has 1 nitrogen and oxygen atoms in total. The fraction of sp³-hybridized carbons (Fsp3) is 0.222. The first kappa shape index (κ1) is 8.89. The second-order valence-electron chi connectivity index (χ2n) is 1.72. The molecular weight excluding hydrogens is 122 g/mol. The molecule has 0 aliphatic heterocycles. The van der Waals surface area contributed by atoms with Crippen LogP contribution in [0.25, 0.3) is 0 Å². The van der Waals surface area contributed by atoms with Gasteiger partial charge < -0.3 is 0 Å². The second-order valence-corrected chi connectivity index (χ2v) is 1.72. The summed E-state index contributed by atoms with van der Waals surface area (Å²) in [7, 11) is 0. The van der Waals surface area contributed by atoms with Gasteiger partial charge in [-0.15, -0.1) is 6.58 Å². The van der Waals surface area contributed by atoms with Crippen LogP contribution in [0.1, 0.15) is 13.3 Å². The van der Waals surface area contributed by atoms with Crippen LogP contribution in [-0.4, -0.2) is 4.98 Å². The molecule has 54 valence electrons. The third-order valence-corrected chi connectivity index (χ3v) is 0.855. The maximum absolute atomic E-state index is 3.78. The van der Waals surface area contributed by atoms with Crippen molar-refractivity contribution < 1.29 is 0 Å². The topological polar surface area (TPSA) is 12.9 Å². The van der Waals surface area contributed by atoms with Crippen LogP contribution in [0.5, 0.6) is 0 Å². The fourth-order valence-corrected chi connectivity index (χ4v) is 0.313. The first-order valence-corrected chi connectivity index (χ1v) is 3.37. The Kier molecular flexibility index (Phi) is 7.01. The Labute approximate surface area is 62.4 Å². The minimum Gasteiger partial charge on any atom is -0.265 e. The Morgan fingerprint density at radius 1 is 1.30 bits per heavy atom. The molecule has 1 heteroatoms. The van der Waals surface area contributed by atoms with E-state index in [-0.39, 0.29) is 0 Å². The van der Waals surface area contributed by atoms with E-state index in [0.29, 0.717) is 0 Å². The predicted molar refractivity (Wildman–Crippen MR) is 44.7 cm³/mol. The van der Waals surface area contributed by atoms with E-state index in [1.54, 1.807) is 12.4 Å². The summed E-state index contributed by atoms with van der Waals surface area (Å²) in [5, 5.41) is 0. The third kappa shape index (κ3) is 6.89. The molecule has 0 amide bonds. The van der Waals surface area contributed by atoms with Crippen molar-refractivity contribution in [3.63, 3.8) is 0 Å². The minimum atomic E-state index is 1.08. The van der Waals surface area contributed by atoms with Crippen LogP contribution in [0.4, 0.5) is 0 Å². The van der Waals surface area contributed by atoms with E-state index in [4.69, 9.17) is 0 Å². The summed E-state index contributed by atoms with van der Waals surface area (Å²) in [6.07, 6.45) is 6.46. The molecule has 0 fully saturated rings. The SMILES string of the molecule is C=CCC.c1ccncc1. The van der Waals surface area contributed by atoms with Gasteiger partial charge in [0.25, 0.3) is 0 Å². The van der Waals surface area contributed by atoms with Crippen LogP contribution >= 0.6 is 0 Å². The first-order valence-electron chi connectivity index (χ1n) is 3.37. The monoisotopic (exact) mass is 135 g/mol. The molecule has 10 heavy (non-hydrogen) atoms. The van der Waals surface area contributed by atoms with Crippen LogP contribution in [0.3, 0.4) is 0 Å². The average molecular weight is 135 g/mol. The number of hydrogen-bond acceptors (Lipinski definition) is 1. The van der Waals surface area contributed by atoms with Crippen LogP contribution in [0.15, 0.2) is 43.2 Å². The van der Waals surface area contributed by atoms with Gasteiger partial charge in [0.2, 0.25) is 0 Å². The van der Waals surface area contributed by atoms with E-state index in [2.05, 4.69) is 18.5 Å². The molecule has 0 saturated heterocycles. The van der Waals surface area contributed by atoms with Crippen molar-refractivity contribution >= 4 is 0 Å². The Balaban J connectivity index is 0.000000180. The van der Waals surface area contributed by atoms with Crippen LogP contribution < -0.4 is 0 Å². The van der Waals surface area contributed by atoms with Gasteiger partial charge in [-0.1, -0.05) is 19.1 Å². The molecule has 0 spiro atoms. The molecule has 0 unspecified atom stereocenters. The lowest BCUT2D eigenvalue weighted by molar-refractivity contribution is 1.23. The highest BCUT2D eigenvalue weighted by Gasteiger charge is 1.58.